The van der Waals surface area contributed by atoms with Crippen LogP contribution in [0.1, 0.15) is 26.0 Å². The van der Waals surface area contributed by atoms with Crippen LogP contribution in [0.4, 0.5) is 0 Å². The van der Waals surface area contributed by atoms with E-state index in [4.69, 9.17) is 4.42 Å². The molecule has 2 fully saturated rings. The van der Waals surface area contributed by atoms with Crippen molar-refractivity contribution >= 4 is 11.8 Å². The van der Waals surface area contributed by atoms with Crippen LogP contribution in [0.3, 0.4) is 0 Å². The molecule has 2 aliphatic heterocycles. The Labute approximate surface area is 124 Å². The van der Waals surface area contributed by atoms with Crippen molar-refractivity contribution in [3.8, 4) is 0 Å². The summed E-state index contributed by atoms with van der Waals surface area (Å²) in [5.74, 6) is 0.984. The third-order valence-corrected chi connectivity index (χ3v) is 4.39. The molecule has 0 unspecified atom stereocenters. The summed E-state index contributed by atoms with van der Waals surface area (Å²) in [5, 5.41) is 2.92. The molecule has 2 aliphatic rings. The van der Waals surface area contributed by atoms with E-state index in [9.17, 15) is 9.59 Å². The van der Waals surface area contributed by atoms with Crippen LogP contribution < -0.4 is 5.32 Å². The molecular weight excluding hydrogens is 270 g/mol. The zero-order valence-corrected chi connectivity index (χ0v) is 12.4. The van der Waals surface area contributed by atoms with Crippen molar-refractivity contribution in [2.45, 2.75) is 44.9 Å². The van der Waals surface area contributed by atoms with E-state index in [1.54, 1.807) is 6.26 Å². The molecule has 1 aromatic heterocycles. The number of hydrogen-bond acceptors (Lipinski definition) is 4. The lowest BCUT2D eigenvalue weighted by Gasteiger charge is -2.41. The van der Waals surface area contributed by atoms with Crippen molar-refractivity contribution in [1.29, 1.82) is 0 Å². The van der Waals surface area contributed by atoms with Crippen LogP contribution >= 0.6 is 0 Å². The maximum absolute atomic E-state index is 12.5. The Morgan fingerprint density at radius 1 is 1.48 bits per heavy atom. The fraction of sp³-hybridized carbons (Fsp3) is 0.600. The first kappa shape index (κ1) is 14.1. The molecule has 0 saturated carbocycles. The smallest absolute Gasteiger partial charge is 0.240 e. The number of carbonyl (C=O) groups excluding carboxylic acids is 2. The topological polar surface area (TPSA) is 65.8 Å². The molecule has 1 N–H and O–H groups in total. The largest absolute Gasteiger partial charge is 0.468 e. The molecule has 0 spiro atoms. The van der Waals surface area contributed by atoms with Crippen LogP contribution in [0.2, 0.25) is 0 Å². The summed E-state index contributed by atoms with van der Waals surface area (Å²) in [6, 6.07) is 3.90. The van der Waals surface area contributed by atoms with Crippen LogP contribution in [0, 0.1) is 0 Å². The monoisotopic (exact) mass is 291 g/mol. The van der Waals surface area contributed by atoms with Crippen molar-refractivity contribution in [2.75, 3.05) is 13.1 Å². The Bertz CT molecular complexity index is 528. The summed E-state index contributed by atoms with van der Waals surface area (Å²) in [7, 11) is 0. The lowest BCUT2D eigenvalue weighted by atomic mass is 10.1. The van der Waals surface area contributed by atoms with E-state index >= 15 is 0 Å². The van der Waals surface area contributed by atoms with Crippen LogP contribution in [0.25, 0.3) is 0 Å². The molecule has 114 valence electrons. The summed E-state index contributed by atoms with van der Waals surface area (Å²) in [6.07, 6.45) is 2.48. The maximum atomic E-state index is 12.5. The van der Waals surface area contributed by atoms with Gasteiger partial charge in [0.25, 0.3) is 0 Å². The van der Waals surface area contributed by atoms with Gasteiger partial charge in [-0.05, 0) is 25.5 Å². The molecule has 6 nitrogen and oxygen atoms in total. The summed E-state index contributed by atoms with van der Waals surface area (Å²) < 4.78 is 5.38. The quantitative estimate of drug-likeness (QED) is 0.885. The molecule has 0 aliphatic carbocycles. The van der Waals surface area contributed by atoms with Gasteiger partial charge in [-0.1, -0.05) is 0 Å². The number of nitrogens with one attached hydrogen (secondary N) is 1. The third-order valence-electron chi connectivity index (χ3n) is 4.39. The average Bonchev–Trinajstić information content (AvgIpc) is 3.04. The fourth-order valence-corrected chi connectivity index (χ4v) is 3.38. The Balaban J connectivity index is 1.69. The molecule has 2 amide bonds. The van der Waals surface area contributed by atoms with Gasteiger partial charge in [0.1, 0.15) is 5.76 Å². The number of carbonyl (C=O) groups is 2. The number of piperazine rings is 1. The highest BCUT2D eigenvalue weighted by Crippen LogP contribution is 2.27. The molecule has 0 radical (unpaired) electrons. The lowest BCUT2D eigenvalue weighted by Crippen LogP contribution is -2.58. The number of fused-ring (bicyclic) bond motifs is 1. The first-order valence-electron chi connectivity index (χ1n) is 7.38. The molecule has 3 rings (SSSR count). The van der Waals surface area contributed by atoms with Crippen molar-refractivity contribution in [3.63, 3.8) is 0 Å². The van der Waals surface area contributed by atoms with Gasteiger partial charge in [-0.2, -0.15) is 0 Å². The predicted octanol–water partition coefficient (Wildman–Crippen LogP) is 0.589. The second-order valence-electron chi connectivity index (χ2n) is 5.96. The average molecular weight is 291 g/mol. The summed E-state index contributed by atoms with van der Waals surface area (Å²) in [5.41, 5.74) is 0. The zero-order chi connectivity index (χ0) is 15.0. The predicted molar refractivity (Wildman–Crippen MR) is 76.3 cm³/mol. The fourth-order valence-electron chi connectivity index (χ4n) is 3.38. The molecule has 3 heterocycles. The van der Waals surface area contributed by atoms with E-state index in [-0.39, 0.29) is 29.9 Å². The third kappa shape index (κ3) is 2.81. The van der Waals surface area contributed by atoms with Gasteiger partial charge in [-0.3, -0.25) is 14.5 Å². The molecule has 2 saturated heterocycles. The first-order chi connectivity index (χ1) is 10.0. The van der Waals surface area contributed by atoms with Gasteiger partial charge in [0.05, 0.1) is 18.8 Å². The Morgan fingerprint density at radius 3 is 2.95 bits per heavy atom. The molecule has 21 heavy (non-hydrogen) atoms. The van der Waals surface area contributed by atoms with Gasteiger partial charge in [-0.25, -0.2) is 0 Å². The van der Waals surface area contributed by atoms with Crippen LogP contribution in [0.5, 0.6) is 0 Å². The number of rotatable bonds is 3. The molecule has 1 aromatic rings. The molecule has 0 bridgehead atoms. The number of hydrogen-bond donors (Lipinski definition) is 1. The number of nitrogens with zero attached hydrogens (tertiary/aromatic N) is 2. The molecule has 3 atom stereocenters. The number of amides is 2. The van der Waals surface area contributed by atoms with E-state index in [1.165, 1.54) is 6.92 Å². The van der Waals surface area contributed by atoms with Gasteiger partial charge in [0, 0.05) is 32.1 Å². The minimum Gasteiger partial charge on any atom is -0.468 e. The van der Waals surface area contributed by atoms with Gasteiger partial charge >= 0.3 is 0 Å². The first-order valence-corrected chi connectivity index (χ1v) is 7.38. The van der Waals surface area contributed by atoms with Crippen LogP contribution in [-0.4, -0.2) is 52.8 Å². The minimum atomic E-state index is -0.151. The van der Waals surface area contributed by atoms with Gasteiger partial charge in [0.15, 0.2) is 0 Å². The Kier molecular flexibility index (Phi) is 3.71. The van der Waals surface area contributed by atoms with E-state index in [1.807, 2.05) is 24.0 Å². The van der Waals surface area contributed by atoms with Gasteiger partial charge < -0.3 is 14.6 Å². The minimum absolute atomic E-state index is 0.0345. The van der Waals surface area contributed by atoms with Crippen LogP contribution in [0.15, 0.2) is 22.8 Å². The van der Waals surface area contributed by atoms with E-state index in [2.05, 4.69) is 10.2 Å². The van der Waals surface area contributed by atoms with Crippen molar-refractivity contribution < 1.29 is 14.0 Å². The maximum Gasteiger partial charge on any atom is 0.240 e. The molecular formula is C15H21N3O3. The lowest BCUT2D eigenvalue weighted by molar-refractivity contribution is -0.143. The number of furan rings is 1. The van der Waals surface area contributed by atoms with Crippen LogP contribution in [-0.2, 0) is 16.1 Å². The second-order valence-corrected chi connectivity index (χ2v) is 5.96. The Morgan fingerprint density at radius 2 is 2.29 bits per heavy atom. The highest BCUT2D eigenvalue weighted by Gasteiger charge is 2.43. The van der Waals surface area contributed by atoms with E-state index < -0.39 is 0 Å². The highest BCUT2D eigenvalue weighted by molar-refractivity contribution is 5.83. The summed E-state index contributed by atoms with van der Waals surface area (Å²) in [4.78, 5) is 27.8. The summed E-state index contributed by atoms with van der Waals surface area (Å²) >= 11 is 0. The van der Waals surface area contributed by atoms with Crippen molar-refractivity contribution in [1.82, 2.24) is 15.1 Å². The summed E-state index contributed by atoms with van der Waals surface area (Å²) in [6.45, 7) is 5.55. The van der Waals surface area contributed by atoms with Crippen molar-refractivity contribution in [3.05, 3.63) is 24.2 Å². The molecule has 0 aromatic carbocycles. The van der Waals surface area contributed by atoms with Crippen molar-refractivity contribution in [2.24, 2.45) is 0 Å². The highest BCUT2D eigenvalue weighted by atomic mass is 16.3. The van der Waals surface area contributed by atoms with Gasteiger partial charge in [-0.15, -0.1) is 0 Å². The SMILES string of the molecule is CC(=O)N[C@H]1C[C@H]2CN(Cc3ccco3)[C@@H](C)C(=O)N2C1. The normalized spacial score (nSPS) is 29.5. The van der Waals surface area contributed by atoms with E-state index in [0.717, 1.165) is 18.7 Å². The second kappa shape index (κ2) is 5.52. The molecule has 6 heteroatoms. The van der Waals surface area contributed by atoms with E-state index in [0.29, 0.717) is 13.1 Å². The Hall–Kier alpha value is -1.82. The van der Waals surface area contributed by atoms with Gasteiger partial charge in [0.2, 0.25) is 11.8 Å². The standard InChI is InChI=1S/C15H21N3O3/c1-10-15(20)18-7-12(16-11(2)19)6-13(18)8-17(10)9-14-4-3-5-21-14/h3-5,10,12-13H,6-9H2,1-2H3,(H,16,19)/t10-,12-,13-/m0/s1. The zero-order valence-electron chi connectivity index (χ0n) is 12.4.